The van der Waals surface area contributed by atoms with E-state index in [0.29, 0.717) is 11.1 Å². The first-order chi connectivity index (χ1) is 27.2. The fourth-order valence-corrected chi connectivity index (χ4v) is 8.73. The molecule has 3 aromatic heterocycles. The summed E-state index contributed by atoms with van der Waals surface area (Å²) in [6.07, 6.45) is 0. The van der Waals surface area contributed by atoms with E-state index >= 15 is 0 Å². The Bertz CT molecular complexity index is 3400. The maximum absolute atomic E-state index is 10.6. The monoisotopic (exact) mass is 699 g/mol. The van der Waals surface area contributed by atoms with E-state index in [9.17, 15) is 10.5 Å². The molecule has 0 atom stereocenters. The van der Waals surface area contributed by atoms with E-state index in [4.69, 9.17) is 0 Å². The van der Waals surface area contributed by atoms with E-state index in [-0.39, 0.29) is 0 Å². The molecular formula is C50H29N5. The van der Waals surface area contributed by atoms with Gasteiger partial charge in [-0.1, -0.05) is 109 Å². The van der Waals surface area contributed by atoms with Crippen molar-refractivity contribution in [2.75, 3.05) is 0 Å². The quantitative estimate of drug-likeness (QED) is 0.184. The van der Waals surface area contributed by atoms with Crippen molar-refractivity contribution in [3.05, 3.63) is 187 Å². The fourth-order valence-electron chi connectivity index (χ4n) is 8.73. The predicted octanol–water partition coefficient (Wildman–Crippen LogP) is 12.4. The first kappa shape index (κ1) is 30.7. The molecule has 0 spiro atoms. The van der Waals surface area contributed by atoms with E-state index in [2.05, 4.69) is 171 Å². The number of benzene rings is 8. The molecule has 0 amide bonds. The Morgan fingerprint density at radius 3 is 1.49 bits per heavy atom. The highest BCUT2D eigenvalue weighted by Gasteiger charge is 2.21. The minimum atomic E-state index is 0.596. The standard InChI is InChI=1S/C50H29N5/c51-30-32-20-27-41-39-12-1-5-15-43(39)53(49(41)28-32)36-25-23-33(24-26-36)34-21-22-35(31-52)48(29-34)55-46-18-8-4-13-40(46)42-14-9-19-47(50(42)55)54-44-16-6-2-10-37(44)38-11-3-7-17-45(38)54/h1-29H. The van der Waals surface area contributed by atoms with Crippen LogP contribution in [-0.4, -0.2) is 13.7 Å². The molecule has 0 bridgehead atoms. The summed E-state index contributed by atoms with van der Waals surface area (Å²) in [7, 11) is 0. The minimum absolute atomic E-state index is 0.596. The zero-order valence-electron chi connectivity index (χ0n) is 29.5. The van der Waals surface area contributed by atoms with Crippen LogP contribution in [0.3, 0.4) is 0 Å². The smallest absolute Gasteiger partial charge is 0.101 e. The van der Waals surface area contributed by atoms with Crippen molar-refractivity contribution in [1.82, 2.24) is 13.7 Å². The van der Waals surface area contributed by atoms with Gasteiger partial charge in [0.05, 0.1) is 61.7 Å². The summed E-state index contributed by atoms with van der Waals surface area (Å²) >= 11 is 0. The van der Waals surface area contributed by atoms with Crippen molar-refractivity contribution in [3.63, 3.8) is 0 Å². The van der Waals surface area contributed by atoms with Gasteiger partial charge in [0.15, 0.2) is 0 Å². The molecule has 55 heavy (non-hydrogen) atoms. The Kier molecular flexibility index (Phi) is 6.61. The Morgan fingerprint density at radius 2 is 0.873 bits per heavy atom. The molecule has 0 aliphatic carbocycles. The number of hydrogen-bond donors (Lipinski definition) is 0. The van der Waals surface area contributed by atoms with Crippen LogP contribution in [-0.2, 0) is 0 Å². The van der Waals surface area contributed by atoms with E-state index in [1.165, 1.54) is 10.8 Å². The molecular weight excluding hydrogens is 671 g/mol. The zero-order chi connectivity index (χ0) is 36.6. The summed E-state index contributed by atoms with van der Waals surface area (Å²) in [5.41, 5.74) is 12.6. The van der Waals surface area contributed by atoms with Gasteiger partial charge in [0.25, 0.3) is 0 Å². The number of para-hydroxylation sites is 5. The van der Waals surface area contributed by atoms with Gasteiger partial charge in [-0.2, -0.15) is 10.5 Å². The molecule has 0 N–H and O–H groups in total. The number of hydrogen-bond acceptors (Lipinski definition) is 2. The number of fused-ring (bicyclic) bond motifs is 9. The summed E-state index contributed by atoms with van der Waals surface area (Å²) in [4.78, 5) is 0. The predicted molar refractivity (Wildman–Crippen MR) is 224 cm³/mol. The van der Waals surface area contributed by atoms with Crippen molar-refractivity contribution in [3.8, 4) is 40.3 Å². The second-order valence-corrected chi connectivity index (χ2v) is 14.0. The lowest BCUT2D eigenvalue weighted by atomic mass is 10.0. The molecule has 5 nitrogen and oxygen atoms in total. The highest BCUT2D eigenvalue weighted by atomic mass is 15.1. The summed E-state index contributed by atoms with van der Waals surface area (Å²) < 4.78 is 6.88. The topological polar surface area (TPSA) is 62.4 Å². The molecule has 0 saturated heterocycles. The third kappa shape index (κ3) is 4.45. The molecule has 0 aliphatic rings. The third-order valence-corrected chi connectivity index (χ3v) is 11.1. The molecule has 0 saturated carbocycles. The van der Waals surface area contributed by atoms with Crippen molar-refractivity contribution in [1.29, 1.82) is 10.5 Å². The van der Waals surface area contributed by atoms with Gasteiger partial charge in [-0.05, 0) is 77.9 Å². The molecule has 254 valence electrons. The molecule has 0 aliphatic heterocycles. The average Bonchev–Trinajstić information content (AvgIpc) is 3.89. The van der Waals surface area contributed by atoms with Gasteiger partial charge in [0.1, 0.15) is 6.07 Å². The van der Waals surface area contributed by atoms with Crippen LogP contribution >= 0.6 is 0 Å². The van der Waals surface area contributed by atoms with Gasteiger partial charge in [-0.25, -0.2) is 0 Å². The van der Waals surface area contributed by atoms with Crippen molar-refractivity contribution in [2.45, 2.75) is 0 Å². The first-order valence-electron chi connectivity index (χ1n) is 18.3. The van der Waals surface area contributed by atoms with Gasteiger partial charge < -0.3 is 13.7 Å². The average molecular weight is 700 g/mol. The highest BCUT2D eigenvalue weighted by molar-refractivity contribution is 6.15. The second kappa shape index (κ2) is 11.8. The second-order valence-electron chi connectivity index (χ2n) is 14.0. The molecule has 0 unspecified atom stereocenters. The van der Waals surface area contributed by atoms with Crippen LogP contribution in [0.2, 0.25) is 0 Å². The van der Waals surface area contributed by atoms with Crippen LogP contribution in [0.25, 0.3) is 93.6 Å². The normalized spacial score (nSPS) is 11.6. The third-order valence-electron chi connectivity index (χ3n) is 11.1. The molecule has 11 rings (SSSR count). The number of aromatic nitrogens is 3. The number of rotatable bonds is 4. The maximum atomic E-state index is 10.6. The number of nitrogens with zero attached hydrogens (tertiary/aromatic N) is 5. The summed E-state index contributed by atoms with van der Waals surface area (Å²) in [5, 5.41) is 27.2. The molecule has 11 aromatic rings. The first-order valence-corrected chi connectivity index (χ1v) is 18.3. The van der Waals surface area contributed by atoms with Crippen molar-refractivity contribution < 1.29 is 0 Å². The van der Waals surface area contributed by atoms with E-state index in [0.717, 1.165) is 82.8 Å². The van der Waals surface area contributed by atoms with Gasteiger partial charge in [-0.3, -0.25) is 0 Å². The zero-order valence-corrected chi connectivity index (χ0v) is 29.5. The largest absolute Gasteiger partial charge is 0.309 e. The van der Waals surface area contributed by atoms with Gasteiger partial charge >= 0.3 is 0 Å². The van der Waals surface area contributed by atoms with Crippen LogP contribution in [0.15, 0.2) is 176 Å². The maximum Gasteiger partial charge on any atom is 0.101 e. The minimum Gasteiger partial charge on any atom is -0.309 e. The van der Waals surface area contributed by atoms with Crippen LogP contribution < -0.4 is 0 Å². The Hall–Kier alpha value is -7.86. The lowest BCUT2D eigenvalue weighted by molar-refractivity contribution is 1.12. The van der Waals surface area contributed by atoms with Gasteiger partial charge in [-0.15, -0.1) is 0 Å². The SMILES string of the molecule is N#Cc1ccc2c3ccccc3n(-c3ccc(-c4ccc(C#N)c(-n5c6ccccc6c6cccc(-n7c8ccccc8c8ccccc87)c65)c4)cc3)c2c1. The lowest BCUT2D eigenvalue weighted by Gasteiger charge is -2.16. The van der Waals surface area contributed by atoms with Crippen LogP contribution in [0.1, 0.15) is 11.1 Å². The van der Waals surface area contributed by atoms with Crippen LogP contribution in [0, 0.1) is 22.7 Å². The van der Waals surface area contributed by atoms with Crippen LogP contribution in [0.4, 0.5) is 0 Å². The van der Waals surface area contributed by atoms with Crippen molar-refractivity contribution >= 4 is 65.4 Å². The van der Waals surface area contributed by atoms with E-state index < -0.39 is 0 Å². The molecule has 0 radical (unpaired) electrons. The summed E-state index contributed by atoms with van der Waals surface area (Å²) in [6, 6.07) is 65.9. The Labute approximate surface area is 316 Å². The van der Waals surface area contributed by atoms with E-state index in [1.54, 1.807) is 0 Å². The molecule has 8 aromatic carbocycles. The Balaban J connectivity index is 1.13. The molecule has 3 heterocycles. The van der Waals surface area contributed by atoms with E-state index in [1.807, 2.05) is 30.3 Å². The molecule has 5 heteroatoms. The summed E-state index contributed by atoms with van der Waals surface area (Å²) in [6.45, 7) is 0. The van der Waals surface area contributed by atoms with Crippen molar-refractivity contribution in [2.24, 2.45) is 0 Å². The summed E-state index contributed by atoms with van der Waals surface area (Å²) in [5.74, 6) is 0. The fraction of sp³-hybridized carbons (Fsp3) is 0. The number of nitriles is 2. The van der Waals surface area contributed by atoms with Gasteiger partial charge in [0.2, 0.25) is 0 Å². The van der Waals surface area contributed by atoms with Gasteiger partial charge in [0, 0.05) is 38.0 Å². The molecule has 0 fully saturated rings. The Morgan fingerprint density at radius 1 is 0.345 bits per heavy atom. The highest BCUT2D eigenvalue weighted by Crippen LogP contribution is 2.41. The lowest BCUT2D eigenvalue weighted by Crippen LogP contribution is -2.02. The van der Waals surface area contributed by atoms with Crippen LogP contribution in [0.5, 0.6) is 0 Å².